The lowest BCUT2D eigenvalue weighted by Gasteiger charge is -2.52. The number of likely N-dealkylation sites (tertiary alicyclic amines) is 1. The number of rotatable bonds is 8. The van der Waals surface area contributed by atoms with Gasteiger partial charge in [0.25, 0.3) is 0 Å². The van der Waals surface area contributed by atoms with Crippen molar-refractivity contribution in [3.63, 3.8) is 0 Å². The Morgan fingerprint density at radius 3 is 1.63 bits per heavy atom. The van der Waals surface area contributed by atoms with Gasteiger partial charge in [-0.25, -0.2) is 0 Å². The molecule has 1 atom stereocenters. The maximum Gasteiger partial charge on any atom is 0.0732 e. The largest absolute Gasteiger partial charge is 0.393 e. The van der Waals surface area contributed by atoms with Crippen molar-refractivity contribution in [1.29, 1.82) is 0 Å². The molecule has 204 valence electrons. The summed E-state index contributed by atoms with van der Waals surface area (Å²) in [5.74, 6) is 2.97. The third-order valence-electron chi connectivity index (χ3n) is 11.3. The van der Waals surface area contributed by atoms with Gasteiger partial charge in [-0.1, -0.05) is 59.3 Å². The molecule has 1 aliphatic heterocycles. The Kier molecular flexibility index (Phi) is 10.1. The summed E-state index contributed by atoms with van der Waals surface area (Å²) in [5, 5.41) is 23.3. The summed E-state index contributed by atoms with van der Waals surface area (Å²) in [7, 11) is 0. The first kappa shape index (κ1) is 27.9. The van der Waals surface area contributed by atoms with Gasteiger partial charge in [0, 0.05) is 0 Å². The van der Waals surface area contributed by atoms with E-state index in [2.05, 4.69) is 25.7 Å². The third kappa shape index (κ3) is 7.05. The van der Waals surface area contributed by atoms with Crippen molar-refractivity contribution in [2.24, 2.45) is 35.0 Å². The van der Waals surface area contributed by atoms with Gasteiger partial charge in [0.05, 0.1) is 11.7 Å². The molecule has 1 heterocycles. The van der Waals surface area contributed by atoms with Gasteiger partial charge in [0.1, 0.15) is 0 Å². The van der Waals surface area contributed by atoms with Crippen molar-refractivity contribution in [2.75, 3.05) is 19.6 Å². The van der Waals surface area contributed by atoms with E-state index in [4.69, 9.17) is 0 Å². The third-order valence-corrected chi connectivity index (χ3v) is 11.3. The van der Waals surface area contributed by atoms with Crippen molar-refractivity contribution in [3.05, 3.63) is 0 Å². The first-order valence-corrected chi connectivity index (χ1v) is 15.9. The van der Waals surface area contributed by atoms with Crippen LogP contribution in [-0.2, 0) is 0 Å². The maximum absolute atomic E-state index is 12.4. The summed E-state index contributed by atoms with van der Waals surface area (Å²) in [5.41, 5.74) is 0.0250. The van der Waals surface area contributed by atoms with E-state index in [1.165, 1.54) is 103 Å². The van der Waals surface area contributed by atoms with Gasteiger partial charge < -0.3 is 15.1 Å². The zero-order valence-electron chi connectivity index (χ0n) is 23.7. The number of aliphatic hydroxyl groups excluding tert-OH is 1. The van der Waals surface area contributed by atoms with Crippen LogP contribution in [0.2, 0.25) is 0 Å². The predicted octanol–water partition coefficient (Wildman–Crippen LogP) is 7.58. The molecule has 4 rings (SSSR count). The summed E-state index contributed by atoms with van der Waals surface area (Å²) in [4.78, 5) is 2.64. The minimum atomic E-state index is -0.394. The number of nitrogens with zero attached hydrogens (tertiary/aromatic N) is 1. The van der Waals surface area contributed by atoms with E-state index in [0.29, 0.717) is 29.1 Å². The fourth-order valence-electron chi connectivity index (χ4n) is 8.88. The molecule has 0 aromatic rings. The second kappa shape index (κ2) is 12.6. The summed E-state index contributed by atoms with van der Waals surface area (Å²) >= 11 is 0. The zero-order valence-corrected chi connectivity index (χ0v) is 23.7. The van der Waals surface area contributed by atoms with Crippen LogP contribution < -0.4 is 0 Å². The molecular weight excluding hydrogens is 430 g/mol. The van der Waals surface area contributed by atoms with Crippen molar-refractivity contribution in [1.82, 2.24) is 4.90 Å². The molecule has 4 aliphatic rings. The quantitative estimate of drug-likeness (QED) is 0.369. The lowest BCUT2D eigenvalue weighted by atomic mass is 9.59. The minimum Gasteiger partial charge on any atom is -0.393 e. The second-order valence-electron chi connectivity index (χ2n) is 14.4. The normalized spacial score (nSPS) is 30.4. The van der Waals surface area contributed by atoms with Crippen LogP contribution in [0.15, 0.2) is 0 Å². The first-order chi connectivity index (χ1) is 16.8. The molecule has 3 nitrogen and oxygen atoms in total. The first-order valence-electron chi connectivity index (χ1n) is 15.9. The van der Waals surface area contributed by atoms with E-state index in [1.54, 1.807) is 0 Å². The highest BCUT2D eigenvalue weighted by atomic mass is 16.3. The molecule has 35 heavy (non-hydrogen) atoms. The number of hydrogen-bond donors (Lipinski definition) is 2. The number of hydrogen-bond acceptors (Lipinski definition) is 3. The average Bonchev–Trinajstić information content (AvgIpc) is 2.89. The highest BCUT2D eigenvalue weighted by Crippen LogP contribution is 2.49. The van der Waals surface area contributed by atoms with Gasteiger partial charge in [0.2, 0.25) is 0 Å². The highest BCUT2D eigenvalue weighted by molar-refractivity contribution is 5.01. The Labute approximate surface area is 217 Å². The van der Waals surface area contributed by atoms with E-state index in [9.17, 15) is 10.2 Å². The summed E-state index contributed by atoms with van der Waals surface area (Å²) in [6, 6.07) is 0. The standard InChI is InChI=1S/C32H59NO2/c1-31(2,3)26-18-16-25(17-19-26)30(34)15-10-22-33-23-20-29(21-24-33)32(35,27-11-6-4-7-12-27)28-13-8-5-9-14-28/h25-30,34-35H,4-24H2,1-3H3/t25?,26?,30-/m0/s1. The average molecular weight is 490 g/mol. The van der Waals surface area contributed by atoms with Crippen LogP contribution in [0.1, 0.15) is 136 Å². The Bertz CT molecular complexity index is 582. The Balaban J connectivity index is 1.21. The predicted molar refractivity (Wildman–Crippen MR) is 147 cm³/mol. The SMILES string of the molecule is CC(C)(C)C1CCC([C@@H](O)CCCN2CCC(C(O)(C3CCCCC3)C3CCCCC3)CC2)CC1. The lowest BCUT2D eigenvalue weighted by Crippen LogP contribution is -2.55. The van der Waals surface area contributed by atoms with Crippen molar-refractivity contribution in [3.8, 4) is 0 Å². The van der Waals surface area contributed by atoms with Crippen LogP contribution in [0.25, 0.3) is 0 Å². The summed E-state index contributed by atoms with van der Waals surface area (Å²) < 4.78 is 0. The molecule has 0 amide bonds. The van der Waals surface area contributed by atoms with Gasteiger partial charge in [-0.3, -0.25) is 0 Å². The molecule has 4 fully saturated rings. The molecule has 3 saturated carbocycles. The highest BCUT2D eigenvalue weighted by Gasteiger charge is 2.49. The van der Waals surface area contributed by atoms with Crippen LogP contribution in [0.4, 0.5) is 0 Å². The monoisotopic (exact) mass is 489 g/mol. The van der Waals surface area contributed by atoms with Gasteiger partial charge >= 0.3 is 0 Å². The van der Waals surface area contributed by atoms with Crippen molar-refractivity contribution < 1.29 is 10.2 Å². The smallest absolute Gasteiger partial charge is 0.0732 e. The van der Waals surface area contributed by atoms with Crippen LogP contribution in [0.3, 0.4) is 0 Å². The van der Waals surface area contributed by atoms with Crippen molar-refractivity contribution in [2.45, 2.75) is 148 Å². The molecule has 0 unspecified atom stereocenters. The maximum atomic E-state index is 12.4. The number of piperidine rings is 1. The van der Waals surface area contributed by atoms with Gasteiger partial charge in [-0.2, -0.15) is 0 Å². The van der Waals surface area contributed by atoms with Crippen LogP contribution in [0.5, 0.6) is 0 Å². The molecule has 2 N–H and O–H groups in total. The van der Waals surface area contributed by atoms with Gasteiger partial charge in [-0.05, 0) is 132 Å². The summed E-state index contributed by atoms with van der Waals surface area (Å²) in [6.45, 7) is 10.6. The fourth-order valence-corrected chi connectivity index (χ4v) is 8.88. The van der Waals surface area contributed by atoms with Gasteiger partial charge in [0.15, 0.2) is 0 Å². The van der Waals surface area contributed by atoms with Crippen LogP contribution in [0, 0.1) is 35.0 Å². The molecule has 1 saturated heterocycles. The molecule has 0 bridgehead atoms. The topological polar surface area (TPSA) is 43.7 Å². The van der Waals surface area contributed by atoms with Gasteiger partial charge in [-0.15, -0.1) is 0 Å². The van der Waals surface area contributed by atoms with E-state index in [-0.39, 0.29) is 6.10 Å². The molecule has 0 aromatic carbocycles. The Morgan fingerprint density at radius 2 is 1.14 bits per heavy atom. The van der Waals surface area contributed by atoms with E-state index in [0.717, 1.165) is 38.4 Å². The van der Waals surface area contributed by atoms with Crippen LogP contribution >= 0.6 is 0 Å². The van der Waals surface area contributed by atoms with E-state index in [1.807, 2.05) is 0 Å². The van der Waals surface area contributed by atoms with E-state index >= 15 is 0 Å². The Morgan fingerprint density at radius 1 is 0.657 bits per heavy atom. The number of aliphatic hydroxyl groups is 2. The molecule has 3 aliphatic carbocycles. The fraction of sp³-hybridized carbons (Fsp3) is 1.00. The molecule has 0 radical (unpaired) electrons. The molecular formula is C32H59NO2. The second-order valence-corrected chi connectivity index (χ2v) is 14.4. The lowest BCUT2D eigenvalue weighted by molar-refractivity contribution is -0.145. The molecule has 0 aromatic heterocycles. The van der Waals surface area contributed by atoms with Crippen molar-refractivity contribution >= 4 is 0 Å². The zero-order chi connectivity index (χ0) is 24.9. The Hall–Kier alpha value is -0.120. The molecule has 3 heteroatoms. The van der Waals surface area contributed by atoms with E-state index < -0.39 is 5.60 Å². The minimum absolute atomic E-state index is 0.101. The van der Waals surface area contributed by atoms with Crippen LogP contribution in [-0.4, -0.2) is 46.5 Å². The summed E-state index contributed by atoms with van der Waals surface area (Å²) in [6.07, 6.45) is 22.5. The molecule has 0 spiro atoms.